The van der Waals surface area contributed by atoms with Crippen LogP contribution < -0.4 is 0 Å². The fourth-order valence-electron chi connectivity index (χ4n) is 3.86. The molecule has 1 aromatic carbocycles. The first-order valence-corrected chi connectivity index (χ1v) is 9.90. The van der Waals surface area contributed by atoms with E-state index in [-0.39, 0.29) is 0 Å². The number of aryl methyl sites for hydroxylation is 1. The lowest BCUT2D eigenvalue weighted by atomic mass is 10.0. The molecule has 0 unspecified atom stereocenters. The van der Waals surface area contributed by atoms with Crippen LogP contribution in [0.15, 0.2) is 53.7 Å². The van der Waals surface area contributed by atoms with Crippen LogP contribution in [0.2, 0.25) is 0 Å². The summed E-state index contributed by atoms with van der Waals surface area (Å²) >= 11 is 0. The van der Waals surface area contributed by atoms with Crippen LogP contribution in [0.1, 0.15) is 42.1 Å². The zero-order valence-corrected chi connectivity index (χ0v) is 16.6. The number of pyridine rings is 1. The van der Waals surface area contributed by atoms with Crippen LogP contribution in [-0.4, -0.2) is 34.9 Å². The number of nitrogens with zero attached hydrogens (tertiary/aromatic N) is 3. The van der Waals surface area contributed by atoms with E-state index in [1.165, 1.54) is 5.56 Å². The second kappa shape index (κ2) is 7.70. The van der Waals surface area contributed by atoms with Gasteiger partial charge in [-0.05, 0) is 67.2 Å². The summed E-state index contributed by atoms with van der Waals surface area (Å²) in [4.78, 5) is 11.4. The van der Waals surface area contributed by atoms with E-state index >= 15 is 0 Å². The Labute approximate surface area is 166 Å². The summed E-state index contributed by atoms with van der Waals surface area (Å²) in [5.41, 5.74) is 8.71. The standard InChI is InChI=1S/C24H26FN3/c1-16(13-19-5-4-10-26-17(19)2)23-15-21-7-6-20(14-24(21)27-23)18(3)28-11-8-22(25)9-12-28/h4-7,10,13-14,22H,3,8-9,11-12,15H2,1-2H3/b16-13+. The number of aromatic nitrogens is 1. The lowest BCUT2D eigenvalue weighted by Crippen LogP contribution is -2.32. The van der Waals surface area contributed by atoms with Gasteiger partial charge in [0.25, 0.3) is 0 Å². The Hall–Kier alpha value is -2.75. The van der Waals surface area contributed by atoms with E-state index in [9.17, 15) is 4.39 Å². The van der Waals surface area contributed by atoms with Crippen LogP contribution in [0.4, 0.5) is 10.1 Å². The van der Waals surface area contributed by atoms with Crippen molar-refractivity contribution in [3.05, 3.63) is 71.1 Å². The van der Waals surface area contributed by atoms with Gasteiger partial charge in [0, 0.05) is 42.8 Å². The van der Waals surface area contributed by atoms with E-state index in [2.05, 4.69) is 53.7 Å². The summed E-state index contributed by atoms with van der Waals surface area (Å²) < 4.78 is 13.4. The molecule has 2 aliphatic rings. The molecule has 1 saturated heterocycles. The van der Waals surface area contributed by atoms with Gasteiger partial charge in [-0.3, -0.25) is 9.98 Å². The lowest BCUT2D eigenvalue weighted by Gasteiger charge is -2.32. The Bertz CT molecular complexity index is 966. The van der Waals surface area contributed by atoms with Crippen molar-refractivity contribution in [1.82, 2.24) is 9.88 Å². The summed E-state index contributed by atoms with van der Waals surface area (Å²) in [7, 11) is 0. The van der Waals surface area contributed by atoms with E-state index in [4.69, 9.17) is 4.99 Å². The average Bonchev–Trinajstić information content (AvgIpc) is 3.13. The number of allylic oxidation sites excluding steroid dienone is 1. The van der Waals surface area contributed by atoms with Crippen molar-refractivity contribution in [2.75, 3.05) is 13.1 Å². The molecule has 0 saturated carbocycles. The zero-order valence-electron chi connectivity index (χ0n) is 16.6. The maximum absolute atomic E-state index is 13.4. The second-order valence-corrected chi connectivity index (χ2v) is 7.69. The molecule has 0 bridgehead atoms. The number of benzene rings is 1. The highest BCUT2D eigenvalue weighted by atomic mass is 19.1. The number of rotatable bonds is 4. The second-order valence-electron chi connectivity index (χ2n) is 7.69. The van der Waals surface area contributed by atoms with Gasteiger partial charge >= 0.3 is 0 Å². The number of halogens is 1. The van der Waals surface area contributed by atoms with E-state index in [1.54, 1.807) is 0 Å². The summed E-state index contributed by atoms with van der Waals surface area (Å²) in [5, 5.41) is 0. The maximum atomic E-state index is 13.4. The van der Waals surface area contributed by atoms with Crippen molar-refractivity contribution in [3.63, 3.8) is 0 Å². The summed E-state index contributed by atoms with van der Waals surface area (Å²) in [6.07, 6.45) is 5.32. The van der Waals surface area contributed by atoms with Gasteiger partial charge in [-0.15, -0.1) is 0 Å². The summed E-state index contributed by atoms with van der Waals surface area (Å²) in [5.74, 6) is 0. The van der Waals surface area contributed by atoms with E-state index in [0.717, 1.165) is 59.0 Å². The van der Waals surface area contributed by atoms with Crippen molar-refractivity contribution >= 4 is 23.2 Å². The highest BCUT2D eigenvalue weighted by molar-refractivity contribution is 6.08. The molecule has 28 heavy (non-hydrogen) atoms. The normalized spacial score (nSPS) is 17.5. The molecule has 4 rings (SSSR count). The van der Waals surface area contributed by atoms with Gasteiger partial charge in [0.1, 0.15) is 6.17 Å². The van der Waals surface area contributed by atoms with Gasteiger partial charge in [-0.1, -0.05) is 24.8 Å². The van der Waals surface area contributed by atoms with Gasteiger partial charge in [-0.2, -0.15) is 0 Å². The van der Waals surface area contributed by atoms with Crippen molar-refractivity contribution in [2.45, 2.75) is 39.3 Å². The Kier molecular flexibility index (Phi) is 5.12. The van der Waals surface area contributed by atoms with Gasteiger partial charge < -0.3 is 4.90 Å². The number of aliphatic imine (C=N–C) groups is 1. The van der Waals surface area contributed by atoms with Crippen LogP contribution in [0.5, 0.6) is 0 Å². The molecule has 4 heteroatoms. The summed E-state index contributed by atoms with van der Waals surface area (Å²) in [6, 6.07) is 10.4. The molecule has 1 fully saturated rings. The van der Waals surface area contributed by atoms with Gasteiger partial charge in [0.05, 0.1) is 5.69 Å². The predicted molar refractivity (Wildman–Crippen MR) is 115 cm³/mol. The average molecular weight is 375 g/mol. The molecule has 3 nitrogen and oxygen atoms in total. The SMILES string of the molecule is C=C(c1ccc2c(c1)N=C(/C(C)=C/c1cccnc1C)C2)N1CCC(F)CC1. The van der Waals surface area contributed by atoms with Crippen LogP contribution >= 0.6 is 0 Å². The molecule has 1 aromatic heterocycles. The fourth-order valence-corrected chi connectivity index (χ4v) is 3.86. The molecule has 0 N–H and O–H groups in total. The first-order valence-electron chi connectivity index (χ1n) is 9.90. The third-order valence-electron chi connectivity index (χ3n) is 5.71. The molecule has 0 atom stereocenters. The molecule has 2 aliphatic heterocycles. The molecule has 3 heterocycles. The molecule has 0 spiro atoms. The van der Waals surface area contributed by atoms with Gasteiger partial charge in [0.2, 0.25) is 0 Å². The largest absolute Gasteiger partial charge is 0.371 e. The topological polar surface area (TPSA) is 28.5 Å². The molecular formula is C24H26FN3. The number of piperidine rings is 1. The Morgan fingerprint density at radius 1 is 1.25 bits per heavy atom. The molecule has 144 valence electrons. The van der Waals surface area contributed by atoms with Crippen molar-refractivity contribution in [2.24, 2.45) is 4.99 Å². The number of hydrogen-bond donors (Lipinski definition) is 0. The molecule has 2 aromatic rings. The molecule has 0 amide bonds. The Morgan fingerprint density at radius 3 is 2.79 bits per heavy atom. The van der Waals surface area contributed by atoms with Crippen LogP contribution in [0.3, 0.4) is 0 Å². The molecular weight excluding hydrogens is 349 g/mol. The highest BCUT2D eigenvalue weighted by Gasteiger charge is 2.22. The smallest absolute Gasteiger partial charge is 0.103 e. The van der Waals surface area contributed by atoms with E-state index in [0.29, 0.717) is 12.8 Å². The van der Waals surface area contributed by atoms with Gasteiger partial charge in [0.15, 0.2) is 0 Å². The predicted octanol–water partition coefficient (Wildman–Crippen LogP) is 5.53. The van der Waals surface area contributed by atoms with Crippen molar-refractivity contribution in [1.29, 1.82) is 0 Å². The lowest BCUT2D eigenvalue weighted by molar-refractivity contribution is 0.197. The minimum atomic E-state index is -0.672. The number of likely N-dealkylation sites (tertiary alicyclic amines) is 1. The quantitative estimate of drug-likeness (QED) is 0.703. The highest BCUT2D eigenvalue weighted by Crippen LogP contribution is 2.33. The molecule has 0 aliphatic carbocycles. The number of fused-ring (bicyclic) bond motifs is 1. The van der Waals surface area contributed by atoms with Crippen LogP contribution in [-0.2, 0) is 6.42 Å². The van der Waals surface area contributed by atoms with Crippen molar-refractivity contribution in [3.8, 4) is 0 Å². The number of hydrogen-bond acceptors (Lipinski definition) is 3. The summed E-state index contributed by atoms with van der Waals surface area (Å²) in [6.45, 7) is 9.85. The third kappa shape index (κ3) is 3.77. The van der Waals surface area contributed by atoms with Crippen molar-refractivity contribution < 1.29 is 4.39 Å². The first kappa shape index (κ1) is 18.6. The number of alkyl halides is 1. The van der Waals surface area contributed by atoms with Crippen LogP contribution in [0, 0.1) is 6.92 Å². The van der Waals surface area contributed by atoms with Crippen LogP contribution in [0.25, 0.3) is 11.8 Å². The molecule has 0 radical (unpaired) electrons. The first-order chi connectivity index (χ1) is 13.5. The zero-order chi connectivity index (χ0) is 19.7. The fraction of sp³-hybridized carbons (Fsp3) is 0.333. The maximum Gasteiger partial charge on any atom is 0.103 e. The van der Waals surface area contributed by atoms with E-state index in [1.807, 2.05) is 19.2 Å². The third-order valence-corrected chi connectivity index (χ3v) is 5.71. The van der Waals surface area contributed by atoms with E-state index < -0.39 is 6.17 Å². The van der Waals surface area contributed by atoms with Gasteiger partial charge in [-0.25, -0.2) is 4.39 Å². The Balaban J connectivity index is 1.54. The monoisotopic (exact) mass is 375 g/mol. The minimum absolute atomic E-state index is 0.587. The minimum Gasteiger partial charge on any atom is -0.371 e. The Morgan fingerprint density at radius 2 is 2.04 bits per heavy atom.